The maximum atomic E-state index is 12.7. The molecule has 0 spiro atoms. The molecule has 32 heavy (non-hydrogen) atoms. The van der Waals surface area contributed by atoms with Crippen LogP contribution in [0.4, 0.5) is 11.4 Å². The molecule has 3 aromatic rings. The Labute approximate surface area is 188 Å². The van der Waals surface area contributed by atoms with E-state index in [2.05, 4.69) is 13.8 Å². The average molecular weight is 455 g/mol. The molecule has 0 aliphatic carbocycles. The van der Waals surface area contributed by atoms with Crippen LogP contribution in [0.1, 0.15) is 36.5 Å². The van der Waals surface area contributed by atoms with E-state index in [0.29, 0.717) is 5.92 Å². The van der Waals surface area contributed by atoms with Gasteiger partial charge in [0.2, 0.25) is 10.0 Å². The van der Waals surface area contributed by atoms with E-state index in [9.17, 15) is 18.5 Å². The van der Waals surface area contributed by atoms with Crippen LogP contribution in [-0.2, 0) is 23.2 Å². The van der Waals surface area contributed by atoms with Gasteiger partial charge in [0.05, 0.1) is 29.5 Å². The monoisotopic (exact) mass is 454 g/mol. The Bertz CT molecular complexity index is 1180. The summed E-state index contributed by atoms with van der Waals surface area (Å²) < 4.78 is 32.5. The van der Waals surface area contributed by atoms with Crippen molar-refractivity contribution in [1.29, 1.82) is 0 Å². The molecule has 7 nitrogen and oxygen atoms in total. The number of hydrogen-bond donors (Lipinski definition) is 0. The molecule has 0 saturated heterocycles. The second-order valence-electron chi connectivity index (χ2n) is 7.85. The van der Waals surface area contributed by atoms with Gasteiger partial charge in [0.25, 0.3) is 5.69 Å². The zero-order valence-electron chi connectivity index (χ0n) is 18.3. The fraction of sp³-hybridized carbons (Fsp3) is 0.250. The van der Waals surface area contributed by atoms with Crippen LogP contribution in [0.2, 0.25) is 0 Å². The zero-order valence-corrected chi connectivity index (χ0v) is 19.1. The largest absolute Gasteiger partial charge is 0.486 e. The first-order valence-electron chi connectivity index (χ1n) is 10.2. The van der Waals surface area contributed by atoms with Gasteiger partial charge in [-0.1, -0.05) is 68.4 Å². The van der Waals surface area contributed by atoms with Crippen molar-refractivity contribution in [3.63, 3.8) is 0 Å². The quantitative estimate of drug-likeness (QED) is 0.325. The van der Waals surface area contributed by atoms with E-state index in [4.69, 9.17) is 4.74 Å². The highest BCUT2D eigenvalue weighted by Gasteiger charge is 2.24. The Morgan fingerprint density at radius 2 is 1.62 bits per heavy atom. The van der Waals surface area contributed by atoms with Gasteiger partial charge in [-0.05, 0) is 28.7 Å². The highest BCUT2D eigenvalue weighted by atomic mass is 32.2. The topological polar surface area (TPSA) is 89.8 Å². The third kappa shape index (κ3) is 5.85. The number of hydrogen-bond acceptors (Lipinski definition) is 5. The van der Waals surface area contributed by atoms with E-state index in [-0.39, 0.29) is 30.3 Å². The van der Waals surface area contributed by atoms with Crippen LogP contribution in [0.5, 0.6) is 5.75 Å². The molecule has 0 atom stereocenters. The van der Waals surface area contributed by atoms with Gasteiger partial charge in [-0.15, -0.1) is 0 Å². The number of non-ortho nitro benzene ring substituents is 1. The second kappa shape index (κ2) is 9.82. The Morgan fingerprint density at radius 3 is 2.19 bits per heavy atom. The number of nitro groups is 1. The number of nitro benzene ring substituents is 1. The molecule has 3 rings (SSSR count). The van der Waals surface area contributed by atoms with Crippen molar-refractivity contribution >= 4 is 21.4 Å². The highest BCUT2D eigenvalue weighted by Crippen LogP contribution is 2.35. The summed E-state index contributed by atoms with van der Waals surface area (Å²) in [6.45, 7) is 4.41. The number of nitrogens with zero attached hydrogens (tertiary/aromatic N) is 2. The van der Waals surface area contributed by atoms with Gasteiger partial charge >= 0.3 is 0 Å². The fourth-order valence-corrected chi connectivity index (χ4v) is 4.12. The Hall–Kier alpha value is -3.39. The molecule has 0 radical (unpaired) electrons. The van der Waals surface area contributed by atoms with E-state index in [1.54, 1.807) is 0 Å². The zero-order chi connectivity index (χ0) is 23.3. The van der Waals surface area contributed by atoms with E-state index >= 15 is 0 Å². The second-order valence-corrected chi connectivity index (χ2v) is 9.76. The lowest BCUT2D eigenvalue weighted by Crippen LogP contribution is -2.29. The number of rotatable bonds is 9. The minimum atomic E-state index is -3.70. The van der Waals surface area contributed by atoms with Gasteiger partial charge in [0.15, 0.2) is 5.75 Å². The molecule has 0 bridgehead atoms. The standard InChI is InChI=1S/C24H26N2O5S/c1-18(2)21-11-9-19(10-12-21)16-25(32(3,29)30)23-14-13-22(26(27)28)15-24(23)31-17-20-7-5-4-6-8-20/h4-15,18H,16-17H2,1-3H3. The molecular weight excluding hydrogens is 428 g/mol. The summed E-state index contributed by atoms with van der Waals surface area (Å²) in [5, 5.41) is 11.3. The molecule has 0 unspecified atom stereocenters. The molecule has 168 valence electrons. The number of benzene rings is 3. The van der Waals surface area contributed by atoms with Crippen LogP contribution in [-0.4, -0.2) is 19.6 Å². The van der Waals surface area contributed by atoms with Crippen molar-refractivity contribution in [1.82, 2.24) is 0 Å². The molecule has 8 heteroatoms. The predicted octanol–water partition coefficient (Wildman–Crippen LogP) is 5.26. The third-order valence-electron chi connectivity index (χ3n) is 5.03. The average Bonchev–Trinajstić information content (AvgIpc) is 2.76. The number of sulfonamides is 1. The van der Waals surface area contributed by atoms with Crippen LogP contribution in [0.15, 0.2) is 72.8 Å². The van der Waals surface area contributed by atoms with E-state index < -0.39 is 14.9 Å². The van der Waals surface area contributed by atoms with Gasteiger partial charge in [-0.3, -0.25) is 14.4 Å². The summed E-state index contributed by atoms with van der Waals surface area (Å²) in [5.41, 5.74) is 2.89. The molecule has 0 heterocycles. The molecular formula is C24H26N2O5S. The third-order valence-corrected chi connectivity index (χ3v) is 6.16. The summed E-state index contributed by atoms with van der Waals surface area (Å²) in [6, 6.07) is 21.0. The molecule has 0 aliphatic rings. The summed E-state index contributed by atoms with van der Waals surface area (Å²) in [5.74, 6) is 0.495. The summed E-state index contributed by atoms with van der Waals surface area (Å²) >= 11 is 0. The van der Waals surface area contributed by atoms with E-state index in [1.807, 2.05) is 54.6 Å². The maximum Gasteiger partial charge on any atom is 0.273 e. The van der Waals surface area contributed by atoms with Crippen LogP contribution >= 0.6 is 0 Å². The van der Waals surface area contributed by atoms with Crippen LogP contribution in [0.3, 0.4) is 0 Å². The normalized spacial score (nSPS) is 11.4. The Morgan fingerprint density at radius 1 is 0.969 bits per heavy atom. The summed E-state index contributed by atoms with van der Waals surface area (Å²) in [6.07, 6.45) is 1.11. The molecule has 0 N–H and O–H groups in total. The first-order valence-corrected chi connectivity index (χ1v) is 12.0. The van der Waals surface area contributed by atoms with Gasteiger partial charge in [0, 0.05) is 6.07 Å². The van der Waals surface area contributed by atoms with E-state index in [1.165, 1.54) is 22.5 Å². The van der Waals surface area contributed by atoms with Gasteiger partial charge in [-0.2, -0.15) is 0 Å². The highest BCUT2D eigenvalue weighted by molar-refractivity contribution is 7.92. The first-order chi connectivity index (χ1) is 15.1. The van der Waals surface area contributed by atoms with Gasteiger partial charge in [-0.25, -0.2) is 8.42 Å². The number of ether oxygens (including phenoxy) is 1. The lowest BCUT2D eigenvalue weighted by atomic mass is 10.0. The molecule has 3 aromatic carbocycles. The van der Waals surface area contributed by atoms with E-state index in [0.717, 1.165) is 22.9 Å². The minimum Gasteiger partial charge on any atom is -0.486 e. The lowest BCUT2D eigenvalue weighted by molar-refractivity contribution is -0.384. The molecule has 0 amide bonds. The fourth-order valence-electron chi connectivity index (χ4n) is 3.23. The minimum absolute atomic E-state index is 0.0801. The Balaban J connectivity index is 1.98. The number of anilines is 1. The predicted molar refractivity (Wildman–Crippen MR) is 125 cm³/mol. The molecule has 0 saturated carbocycles. The smallest absolute Gasteiger partial charge is 0.273 e. The van der Waals surface area contributed by atoms with Crippen molar-refractivity contribution in [2.45, 2.75) is 32.9 Å². The van der Waals surface area contributed by atoms with Gasteiger partial charge < -0.3 is 4.74 Å². The summed E-state index contributed by atoms with van der Waals surface area (Å²) in [4.78, 5) is 10.8. The lowest BCUT2D eigenvalue weighted by Gasteiger charge is -2.25. The van der Waals surface area contributed by atoms with Gasteiger partial charge in [0.1, 0.15) is 6.61 Å². The van der Waals surface area contributed by atoms with Crippen molar-refractivity contribution in [3.05, 3.63) is 99.6 Å². The Kier molecular flexibility index (Phi) is 7.15. The maximum absolute atomic E-state index is 12.7. The molecule has 0 aromatic heterocycles. The first kappa shape index (κ1) is 23.3. The SMILES string of the molecule is CC(C)c1ccc(CN(c2ccc([N+](=O)[O-])cc2OCc2ccccc2)S(C)(=O)=O)cc1. The van der Waals surface area contributed by atoms with Crippen molar-refractivity contribution in [2.24, 2.45) is 0 Å². The molecule has 0 aliphatic heterocycles. The van der Waals surface area contributed by atoms with Crippen molar-refractivity contribution in [3.8, 4) is 5.75 Å². The van der Waals surface area contributed by atoms with Crippen LogP contribution in [0.25, 0.3) is 0 Å². The van der Waals surface area contributed by atoms with Crippen molar-refractivity contribution in [2.75, 3.05) is 10.6 Å². The van der Waals surface area contributed by atoms with Crippen molar-refractivity contribution < 1.29 is 18.1 Å². The van der Waals surface area contributed by atoms with Crippen LogP contribution < -0.4 is 9.04 Å². The van der Waals surface area contributed by atoms with Crippen LogP contribution in [0, 0.1) is 10.1 Å². The summed E-state index contributed by atoms with van der Waals surface area (Å²) in [7, 11) is -3.70. The molecule has 0 fully saturated rings.